The van der Waals surface area contributed by atoms with E-state index in [0.717, 1.165) is 17.7 Å². The van der Waals surface area contributed by atoms with Gasteiger partial charge in [-0.25, -0.2) is 8.78 Å². The Hall–Kier alpha value is -2.27. The minimum absolute atomic E-state index is 0.175. The molecule has 2 rings (SSSR count). The maximum Gasteiger partial charge on any atom is 0.256 e. The SMILES string of the molecule is Cc1cc(F)c(NC(=O)c2ccccc2CCN)cc1F. The number of rotatable bonds is 4. The molecule has 3 nitrogen and oxygen atoms in total. The fourth-order valence-corrected chi connectivity index (χ4v) is 2.05. The number of carbonyl (C=O) groups is 1. The molecule has 0 atom stereocenters. The first-order valence-electron chi connectivity index (χ1n) is 6.58. The van der Waals surface area contributed by atoms with E-state index >= 15 is 0 Å². The number of hydrogen-bond donors (Lipinski definition) is 2. The predicted octanol–water partition coefficient (Wildman–Crippen LogP) is 3.03. The zero-order valence-corrected chi connectivity index (χ0v) is 11.6. The van der Waals surface area contributed by atoms with Gasteiger partial charge in [0.2, 0.25) is 0 Å². The lowest BCUT2D eigenvalue weighted by molar-refractivity contribution is 0.102. The van der Waals surface area contributed by atoms with E-state index in [1.54, 1.807) is 24.3 Å². The predicted molar refractivity (Wildman–Crippen MR) is 78.2 cm³/mol. The molecule has 3 N–H and O–H groups in total. The van der Waals surface area contributed by atoms with Gasteiger partial charge in [0.15, 0.2) is 0 Å². The van der Waals surface area contributed by atoms with Crippen molar-refractivity contribution in [2.45, 2.75) is 13.3 Å². The molecule has 0 saturated heterocycles. The second-order valence-electron chi connectivity index (χ2n) is 4.73. The Bertz CT molecular complexity index is 671. The van der Waals surface area contributed by atoms with Gasteiger partial charge < -0.3 is 11.1 Å². The van der Waals surface area contributed by atoms with E-state index in [4.69, 9.17) is 5.73 Å². The fourth-order valence-electron chi connectivity index (χ4n) is 2.05. The van der Waals surface area contributed by atoms with Crippen LogP contribution in [0.4, 0.5) is 14.5 Å². The Balaban J connectivity index is 2.28. The van der Waals surface area contributed by atoms with Crippen LogP contribution in [0.25, 0.3) is 0 Å². The van der Waals surface area contributed by atoms with Gasteiger partial charge in [-0.2, -0.15) is 0 Å². The first kappa shape index (κ1) is 15.1. The van der Waals surface area contributed by atoms with Gasteiger partial charge in [0.25, 0.3) is 5.91 Å². The molecule has 0 spiro atoms. The van der Waals surface area contributed by atoms with Gasteiger partial charge in [-0.3, -0.25) is 4.79 Å². The number of nitrogens with two attached hydrogens (primary N) is 1. The molecule has 0 aliphatic carbocycles. The highest BCUT2D eigenvalue weighted by Crippen LogP contribution is 2.20. The summed E-state index contributed by atoms with van der Waals surface area (Å²) in [5.41, 5.74) is 6.69. The first-order chi connectivity index (χ1) is 10.0. The largest absolute Gasteiger partial charge is 0.330 e. The van der Waals surface area contributed by atoms with Gasteiger partial charge in [0.05, 0.1) is 5.69 Å². The summed E-state index contributed by atoms with van der Waals surface area (Å²) < 4.78 is 27.2. The number of aryl methyl sites for hydroxylation is 1. The second kappa shape index (κ2) is 6.45. The average molecular weight is 290 g/mol. The number of hydrogen-bond acceptors (Lipinski definition) is 2. The average Bonchev–Trinajstić information content (AvgIpc) is 2.45. The van der Waals surface area contributed by atoms with Crippen molar-refractivity contribution in [3.63, 3.8) is 0 Å². The third kappa shape index (κ3) is 3.44. The number of halogens is 2. The third-order valence-electron chi connectivity index (χ3n) is 3.17. The highest BCUT2D eigenvalue weighted by molar-refractivity contribution is 6.05. The maximum atomic E-state index is 13.8. The molecule has 5 heteroatoms. The van der Waals surface area contributed by atoms with Crippen LogP contribution in [0, 0.1) is 18.6 Å². The van der Waals surface area contributed by atoms with E-state index in [9.17, 15) is 13.6 Å². The topological polar surface area (TPSA) is 55.1 Å². The number of anilines is 1. The molecule has 0 unspecified atom stereocenters. The quantitative estimate of drug-likeness (QED) is 0.909. The highest BCUT2D eigenvalue weighted by atomic mass is 19.1. The Morgan fingerprint density at radius 2 is 1.90 bits per heavy atom. The van der Waals surface area contributed by atoms with Gasteiger partial charge in [0.1, 0.15) is 11.6 Å². The van der Waals surface area contributed by atoms with Gasteiger partial charge in [0, 0.05) is 11.6 Å². The number of benzene rings is 2. The minimum atomic E-state index is -0.668. The van der Waals surface area contributed by atoms with Gasteiger partial charge in [-0.05, 0) is 43.1 Å². The summed E-state index contributed by atoms with van der Waals surface area (Å²) in [5.74, 6) is -1.72. The zero-order valence-electron chi connectivity index (χ0n) is 11.6. The summed E-state index contributed by atoms with van der Waals surface area (Å²) in [7, 11) is 0. The fraction of sp³-hybridized carbons (Fsp3) is 0.188. The Labute approximate surface area is 121 Å². The molecule has 0 heterocycles. The van der Waals surface area contributed by atoms with E-state index < -0.39 is 17.5 Å². The summed E-state index contributed by atoms with van der Waals surface area (Å²) >= 11 is 0. The molecule has 21 heavy (non-hydrogen) atoms. The van der Waals surface area contributed by atoms with Crippen molar-refractivity contribution >= 4 is 11.6 Å². The lowest BCUT2D eigenvalue weighted by Crippen LogP contribution is -2.17. The first-order valence-corrected chi connectivity index (χ1v) is 6.58. The van der Waals surface area contributed by atoms with Crippen molar-refractivity contribution in [1.29, 1.82) is 0 Å². The molecule has 2 aromatic carbocycles. The smallest absolute Gasteiger partial charge is 0.256 e. The van der Waals surface area contributed by atoms with Crippen LogP contribution >= 0.6 is 0 Å². The van der Waals surface area contributed by atoms with Crippen LogP contribution < -0.4 is 11.1 Å². The van der Waals surface area contributed by atoms with Crippen molar-refractivity contribution < 1.29 is 13.6 Å². The van der Waals surface area contributed by atoms with Crippen LogP contribution in [0.5, 0.6) is 0 Å². The van der Waals surface area contributed by atoms with Gasteiger partial charge in [-0.1, -0.05) is 18.2 Å². The minimum Gasteiger partial charge on any atom is -0.330 e. The molecule has 0 fully saturated rings. The molecule has 2 aromatic rings. The third-order valence-corrected chi connectivity index (χ3v) is 3.17. The highest BCUT2D eigenvalue weighted by Gasteiger charge is 2.14. The Morgan fingerprint density at radius 1 is 1.19 bits per heavy atom. The van der Waals surface area contributed by atoms with E-state index in [-0.39, 0.29) is 11.3 Å². The summed E-state index contributed by atoms with van der Waals surface area (Å²) in [6.45, 7) is 1.86. The number of nitrogens with one attached hydrogen (secondary N) is 1. The van der Waals surface area contributed by atoms with Crippen LogP contribution in [0.15, 0.2) is 36.4 Å². The molecule has 1 amide bonds. The van der Waals surface area contributed by atoms with Crippen LogP contribution in [0.2, 0.25) is 0 Å². The molecule has 0 aromatic heterocycles. The summed E-state index contributed by atoms with van der Waals surface area (Å²) in [5, 5.41) is 2.40. The number of carbonyl (C=O) groups excluding carboxylic acids is 1. The van der Waals surface area contributed by atoms with Crippen molar-refractivity contribution in [2.75, 3.05) is 11.9 Å². The standard InChI is InChI=1S/C16H16F2N2O/c1-10-8-14(18)15(9-13(10)17)20-16(21)12-5-3-2-4-11(12)6-7-19/h2-5,8-9H,6-7,19H2,1H3,(H,20,21). The maximum absolute atomic E-state index is 13.8. The lowest BCUT2D eigenvalue weighted by Gasteiger charge is -2.11. The van der Waals surface area contributed by atoms with E-state index in [2.05, 4.69) is 5.32 Å². The summed E-state index contributed by atoms with van der Waals surface area (Å²) in [6.07, 6.45) is 0.536. The van der Waals surface area contributed by atoms with Crippen LogP contribution in [0.1, 0.15) is 21.5 Å². The molecule has 0 bridgehead atoms. The lowest BCUT2D eigenvalue weighted by atomic mass is 10.0. The van der Waals surface area contributed by atoms with Crippen molar-refractivity contribution in [3.8, 4) is 0 Å². The molecule has 0 aliphatic heterocycles. The van der Waals surface area contributed by atoms with E-state index in [1.165, 1.54) is 6.92 Å². The molecular weight excluding hydrogens is 274 g/mol. The van der Waals surface area contributed by atoms with Gasteiger partial charge >= 0.3 is 0 Å². The summed E-state index contributed by atoms with van der Waals surface area (Å²) in [4.78, 5) is 12.2. The normalized spacial score (nSPS) is 10.5. The van der Waals surface area contributed by atoms with Crippen LogP contribution in [0.3, 0.4) is 0 Å². The van der Waals surface area contributed by atoms with Crippen molar-refractivity contribution in [2.24, 2.45) is 5.73 Å². The van der Waals surface area contributed by atoms with E-state index in [1.807, 2.05) is 0 Å². The second-order valence-corrected chi connectivity index (χ2v) is 4.73. The van der Waals surface area contributed by atoms with Crippen molar-refractivity contribution in [3.05, 3.63) is 64.7 Å². The van der Waals surface area contributed by atoms with E-state index in [0.29, 0.717) is 18.5 Å². The van der Waals surface area contributed by atoms with Crippen LogP contribution in [-0.2, 0) is 6.42 Å². The van der Waals surface area contributed by atoms with Crippen molar-refractivity contribution in [1.82, 2.24) is 0 Å². The van der Waals surface area contributed by atoms with Gasteiger partial charge in [-0.15, -0.1) is 0 Å². The summed E-state index contributed by atoms with van der Waals surface area (Å²) in [6, 6.07) is 8.95. The van der Waals surface area contributed by atoms with Crippen LogP contribution in [-0.4, -0.2) is 12.5 Å². The molecular formula is C16H16F2N2O. The Morgan fingerprint density at radius 3 is 2.62 bits per heavy atom. The zero-order chi connectivity index (χ0) is 15.4. The Kier molecular flexibility index (Phi) is 4.65. The monoisotopic (exact) mass is 290 g/mol. The molecule has 110 valence electrons. The molecule has 0 aliphatic rings. The molecule has 0 radical (unpaired) electrons. The number of amides is 1. The molecule has 0 saturated carbocycles.